The molecule has 11 heteroatoms. The summed E-state index contributed by atoms with van der Waals surface area (Å²) in [5.41, 5.74) is 1.64. The summed E-state index contributed by atoms with van der Waals surface area (Å²) in [6.07, 6.45) is 3.61. The van der Waals surface area contributed by atoms with Crippen LogP contribution < -0.4 is 15.0 Å². The number of rotatable bonds is 4. The number of carbonyl (C=O) groups is 2. The maximum atomic E-state index is 14.3. The Hall–Kier alpha value is -3.66. The smallest absolute Gasteiger partial charge is 0.298 e. The Morgan fingerprint density at radius 3 is 2.76 bits per heavy atom. The van der Waals surface area contributed by atoms with Crippen LogP contribution in [0.2, 0.25) is 5.02 Å². The zero-order valence-electron chi connectivity index (χ0n) is 20.9. The van der Waals surface area contributed by atoms with E-state index in [1.807, 2.05) is 10.6 Å². The minimum absolute atomic E-state index is 0.188. The number of alkyl halides is 2. The molecule has 0 saturated carbocycles. The van der Waals surface area contributed by atoms with Crippen molar-refractivity contribution >= 4 is 46.1 Å². The van der Waals surface area contributed by atoms with E-state index in [0.29, 0.717) is 41.8 Å². The number of carbonyl (C=O) groups excluding carboxylic acids is 2. The van der Waals surface area contributed by atoms with Gasteiger partial charge in [0.2, 0.25) is 11.9 Å². The van der Waals surface area contributed by atoms with Gasteiger partial charge in [-0.25, -0.2) is 13.8 Å². The van der Waals surface area contributed by atoms with Crippen LogP contribution in [-0.4, -0.2) is 65.5 Å². The summed E-state index contributed by atoms with van der Waals surface area (Å²) in [7, 11) is 1.54. The number of ether oxygens (including phenoxy) is 1. The van der Waals surface area contributed by atoms with Gasteiger partial charge in [0, 0.05) is 31.8 Å². The third-order valence-electron chi connectivity index (χ3n) is 6.90. The van der Waals surface area contributed by atoms with Gasteiger partial charge in [0.25, 0.3) is 11.8 Å². The molecule has 38 heavy (non-hydrogen) atoms. The average Bonchev–Trinajstić information content (AvgIpc) is 3.01. The number of aromatic nitrogens is 2. The highest BCUT2D eigenvalue weighted by Crippen LogP contribution is 2.46. The van der Waals surface area contributed by atoms with Crippen molar-refractivity contribution in [3.63, 3.8) is 0 Å². The van der Waals surface area contributed by atoms with E-state index in [0.717, 1.165) is 12.8 Å². The lowest BCUT2D eigenvalue weighted by Gasteiger charge is -2.27. The van der Waals surface area contributed by atoms with Crippen molar-refractivity contribution in [2.24, 2.45) is 0 Å². The molecule has 0 radical (unpaired) electrons. The summed E-state index contributed by atoms with van der Waals surface area (Å²) in [6.45, 7) is 3.19. The van der Waals surface area contributed by atoms with Crippen molar-refractivity contribution in [2.75, 3.05) is 43.5 Å². The molecule has 0 unspecified atom stereocenters. The molecule has 2 aliphatic heterocycles. The Balaban J connectivity index is 1.67. The molecule has 3 heterocycles. The van der Waals surface area contributed by atoms with Crippen molar-refractivity contribution in [1.82, 2.24) is 14.5 Å². The van der Waals surface area contributed by atoms with Crippen LogP contribution in [0.5, 0.6) is 5.75 Å². The highest BCUT2D eigenvalue weighted by molar-refractivity contribution is 6.38. The predicted octanol–water partition coefficient (Wildman–Crippen LogP) is 5.15. The third kappa shape index (κ3) is 4.92. The van der Waals surface area contributed by atoms with Crippen LogP contribution in [0.25, 0.3) is 11.0 Å². The minimum atomic E-state index is -3.06. The van der Waals surface area contributed by atoms with Gasteiger partial charge in [-0.2, -0.15) is 0 Å². The summed E-state index contributed by atoms with van der Waals surface area (Å²) in [4.78, 5) is 33.4. The van der Waals surface area contributed by atoms with E-state index < -0.39 is 19.1 Å². The lowest BCUT2D eigenvalue weighted by atomic mass is 10.1. The molecule has 1 fully saturated rings. The van der Waals surface area contributed by atoms with E-state index in [4.69, 9.17) is 16.3 Å². The van der Waals surface area contributed by atoms with Gasteiger partial charge < -0.3 is 19.1 Å². The van der Waals surface area contributed by atoms with Crippen molar-refractivity contribution < 1.29 is 23.1 Å². The van der Waals surface area contributed by atoms with E-state index in [1.54, 1.807) is 35.2 Å². The lowest BCUT2D eigenvalue weighted by molar-refractivity contribution is -0.126. The number of hydrogen-bond donors (Lipinski definition) is 1. The summed E-state index contributed by atoms with van der Waals surface area (Å²) in [6, 6.07) is 10.0. The molecule has 8 nitrogen and oxygen atoms in total. The Kier molecular flexibility index (Phi) is 7.00. The molecule has 2 amide bonds. The van der Waals surface area contributed by atoms with Crippen LogP contribution in [0, 0.1) is 0 Å². The largest absolute Gasteiger partial charge is 0.485 e. The number of nitrogens with one attached hydrogen (secondary N) is 1. The summed E-state index contributed by atoms with van der Waals surface area (Å²) in [5.74, 6) is -3.17. The molecule has 0 aliphatic carbocycles. The van der Waals surface area contributed by atoms with Crippen LogP contribution in [0.15, 0.2) is 49.1 Å². The van der Waals surface area contributed by atoms with Crippen LogP contribution in [0.3, 0.4) is 0 Å². The molecule has 3 aromatic rings. The van der Waals surface area contributed by atoms with E-state index >= 15 is 0 Å². The molecule has 2 aromatic carbocycles. The first-order chi connectivity index (χ1) is 18.2. The normalized spacial score (nSPS) is 19.2. The predicted molar refractivity (Wildman–Crippen MR) is 143 cm³/mol. The van der Waals surface area contributed by atoms with Gasteiger partial charge in [0.05, 0.1) is 28.6 Å². The number of halogens is 3. The minimum Gasteiger partial charge on any atom is -0.485 e. The van der Waals surface area contributed by atoms with E-state index in [9.17, 15) is 18.4 Å². The zero-order chi connectivity index (χ0) is 27.0. The monoisotopic (exact) mass is 543 g/mol. The topological polar surface area (TPSA) is 79.7 Å². The van der Waals surface area contributed by atoms with Gasteiger partial charge in [0.1, 0.15) is 11.4 Å². The third-order valence-corrected chi connectivity index (χ3v) is 7.26. The molecule has 1 atom stereocenters. The van der Waals surface area contributed by atoms with E-state index in [-0.39, 0.29) is 34.6 Å². The number of amides is 2. The van der Waals surface area contributed by atoms with Crippen LogP contribution in [0.4, 0.5) is 20.4 Å². The van der Waals surface area contributed by atoms with Crippen molar-refractivity contribution in [1.29, 1.82) is 0 Å². The second-order valence-electron chi connectivity index (χ2n) is 9.67. The molecule has 0 bridgehead atoms. The fraction of sp³-hybridized carbons (Fsp3) is 0.370. The highest BCUT2D eigenvalue weighted by Gasteiger charge is 2.38. The molecule has 2 aliphatic rings. The molecule has 5 rings (SSSR count). The van der Waals surface area contributed by atoms with Crippen molar-refractivity contribution in [2.45, 2.75) is 31.2 Å². The second kappa shape index (κ2) is 10.2. The summed E-state index contributed by atoms with van der Waals surface area (Å²) >= 11 is 6.94. The first-order valence-corrected chi connectivity index (χ1v) is 12.8. The number of fused-ring (bicyclic) bond motifs is 2. The number of hydrogen-bond acceptors (Lipinski definition) is 5. The van der Waals surface area contributed by atoms with Crippen LogP contribution in [-0.2, 0) is 4.79 Å². The molecule has 1 aromatic heterocycles. The SMILES string of the molecule is C=CC(=O)N1CCCC[C@@H](n2c(NC(=O)c3ccccc3)nc3cc4c(c(Cl)c32)N(C)CC(F)(F)CO4)C1. The number of anilines is 2. The quantitative estimate of drug-likeness (QED) is 0.461. The summed E-state index contributed by atoms with van der Waals surface area (Å²) < 4.78 is 35.9. The van der Waals surface area contributed by atoms with Gasteiger partial charge in [0.15, 0.2) is 6.61 Å². The summed E-state index contributed by atoms with van der Waals surface area (Å²) in [5, 5.41) is 3.09. The van der Waals surface area contributed by atoms with Gasteiger partial charge in [-0.15, -0.1) is 0 Å². The van der Waals surface area contributed by atoms with Crippen LogP contribution >= 0.6 is 11.6 Å². The molecule has 0 spiro atoms. The highest BCUT2D eigenvalue weighted by atomic mass is 35.5. The maximum absolute atomic E-state index is 14.3. The van der Waals surface area contributed by atoms with Crippen molar-refractivity contribution in [3.8, 4) is 5.75 Å². The fourth-order valence-corrected chi connectivity index (χ4v) is 5.59. The fourth-order valence-electron chi connectivity index (χ4n) is 5.17. The Morgan fingerprint density at radius 1 is 1.26 bits per heavy atom. The lowest BCUT2D eigenvalue weighted by Crippen LogP contribution is -2.36. The second-order valence-corrected chi connectivity index (χ2v) is 10.0. The van der Waals surface area contributed by atoms with Crippen LogP contribution in [0.1, 0.15) is 35.7 Å². The Labute approximate surface area is 223 Å². The van der Waals surface area contributed by atoms with E-state index in [2.05, 4.69) is 16.9 Å². The van der Waals surface area contributed by atoms with Gasteiger partial charge in [-0.3, -0.25) is 14.9 Å². The van der Waals surface area contributed by atoms with Gasteiger partial charge in [-0.05, 0) is 37.5 Å². The molecular weight excluding hydrogens is 516 g/mol. The number of nitrogens with zero attached hydrogens (tertiary/aromatic N) is 4. The average molecular weight is 544 g/mol. The first-order valence-electron chi connectivity index (χ1n) is 12.4. The molecule has 1 saturated heterocycles. The number of likely N-dealkylation sites (tertiary alicyclic amines) is 1. The standard InChI is InChI=1S/C27H28ClF2N5O3/c1-3-21(36)34-12-8-7-11-18(14-34)35-23-19(31-26(35)32-25(37)17-9-5-4-6-10-17)13-20-24(22(23)28)33(2)15-27(29,30)16-38-20/h3-6,9-10,13,18H,1,7-8,11-12,14-16H2,2H3,(H,31,32,37)/t18-/m1/s1. The van der Waals surface area contributed by atoms with Gasteiger partial charge in [-0.1, -0.05) is 36.4 Å². The van der Waals surface area contributed by atoms with Crippen molar-refractivity contribution in [3.05, 3.63) is 59.6 Å². The maximum Gasteiger partial charge on any atom is 0.298 e. The van der Waals surface area contributed by atoms with Gasteiger partial charge >= 0.3 is 0 Å². The Bertz CT molecular complexity index is 1390. The number of benzene rings is 2. The number of imidazole rings is 1. The zero-order valence-corrected chi connectivity index (χ0v) is 21.7. The van der Waals surface area contributed by atoms with E-state index in [1.165, 1.54) is 18.0 Å². The Morgan fingerprint density at radius 2 is 2.03 bits per heavy atom. The molecule has 200 valence electrons. The molecular formula is C27H28ClF2N5O3. The molecule has 1 N–H and O–H groups in total. The first kappa shape index (κ1) is 26.0.